The van der Waals surface area contributed by atoms with E-state index in [0.717, 1.165) is 30.4 Å². The molecule has 0 saturated carbocycles. The largest absolute Gasteiger partial charge is 0.331 e. The quantitative estimate of drug-likeness (QED) is 0.573. The van der Waals surface area contributed by atoms with Gasteiger partial charge in [-0.1, -0.05) is 41.9 Å². The molecule has 8 heteroatoms. The summed E-state index contributed by atoms with van der Waals surface area (Å²) in [5.74, 6) is 0.368. The number of aryl methyl sites for hydroxylation is 2. The van der Waals surface area contributed by atoms with Crippen molar-refractivity contribution in [2.24, 2.45) is 5.92 Å². The summed E-state index contributed by atoms with van der Waals surface area (Å²) in [4.78, 5) is 33.3. The summed E-state index contributed by atoms with van der Waals surface area (Å²) in [6.07, 6.45) is 3.16. The van der Waals surface area contributed by atoms with Crippen molar-refractivity contribution in [2.45, 2.75) is 32.2 Å². The second-order valence-electron chi connectivity index (χ2n) is 8.74. The van der Waals surface area contributed by atoms with Crippen LogP contribution in [0.3, 0.4) is 0 Å². The number of amides is 3. The average Bonchev–Trinajstić information content (AvgIpc) is 3.15. The van der Waals surface area contributed by atoms with Crippen molar-refractivity contribution in [3.05, 3.63) is 59.1 Å². The number of anilines is 1. The lowest BCUT2D eigenvalue weighted by atomic mass is 9.96. The van der Waals surface area contributed by atoms with Gasteiger partial charge < -0.3 is 14.4 Å². The van der Waals surface area contributed by atoms with E-state index in [1.807, 2.05) is 36.4 Å². The Morgan fingerprint density at radius 1 is 1.12 bits per heavy atom. The highest BCUT2D eigenvalue weighted by Gasteiger charge is 2.29. The molecule has 0 spiro atoms. The van der Waals surface area contributed by atoms with Gasteiger partial charge in [0.15, 0.2) is 0 Å². The Bertz CT molecular complexity index is 1120. The number of nitrogens with one attached hydrogen (secondary N) is 1. The highest BCUT2D eigenvalue weighted by atomic mass is 35.5. The predicted molar refractivity (Wildman–Crippen MR) is 132 cm³/mol. The molecule has 2 aromatic carbocycles. The van der Waals surface area contributed by atoms with Gasteiger partial charge in [0, 0.05) is 44.7 Å². The number of nitrogens with zero attached hydrogens (tertiary/aromatic N) is 4. The van der Waals surface area contributed by atoms with E-state index in [2.05, 4.69) is 27.0 Å². The van der Waals surface area contributed by atoms with Crippen LogP contribution in [0.2, 0.25) is 5.02 Å². The van der Waals surface area contributed by atoms with Gasteiger partial charge in [0.25, 0.3) is 0 Å². The number of carbonyl (C=O) groups is 2. The zero-order valence-electron chi connectivity index (χ0n) is 19.1. The second-order valence-corrected chi connectivity index (χ2v) is 9.17. The van der Waals surface area contributed by atoms with Gasteiger partial charge in [-0.2, -0.15) is 0 Å². The summed E-state index contributed by atoms with van der Waals surface area (Å²) in [7, 11) is 3.49. The molecule has 0 aliphatic carbocycles. The summed E-state index contributed by atoms with van der Waals surface area (Å²) >= 11 is 6.18. The van der Waals surface area contributed by atoms with Gasteiger partial charge in [-0.05, 0) is 49.4 Å². The topological polar surface area (TPSA) is 70.5 Å². The molecule has 4 rings (SSSR count). The summed E-state index contributed by atoms with van der Waals surface area (Å²) in [5.41, 5.74) is 3.01. The van der Waals surface area contributed by atoms with E-state index in [1.165, 1.54) is 5.56 Å². The fourth-order valence-corrected chi connectivity index (χ4v) is 4.51. The minimum absolute atomic E-state index is 0.00838. The van der Waals surface area contributed by atoms with Crippen LogP contribution in [0.25, 0.3) is 11.0 Å². The number of likely N-dealkylation sites (tertiary alicyclic amines) is 1. The van der Waals surface area contributed by atoms with Crippen LogP contribution in [0.15, 0.2) is 48.5 Å². The summed E-state index contributed by atoms with van der Waals surface area (Å²) in [5, 5.41) is 3.68. The minimum Gasteiger partial charge on any atom is -0.331 e. The molecular weight excluding hydrogens is 438 g/mol. The molecule has 1 N–H and O–H groups in total. The Labute approximate surface area is 199 Å². The van der Waals surface area contributed by atoms with E-state index in [1.54, 1.807) is 23.9 Å². The lowest BCUT2D eigenvalue weighted by molar-refractivity contribution is -0.121. The van der Waals surface area contributed by atoms with Crippen molar-refractivity contribution in [2.75, 3.05) is 32.5 Å². The molecule has 1 saturated heterocycles. The maximum Gasteiger partial charge on any atom is 0.319 e. The number of carbonyl (C=O) groups excluding carboxylic acids is 2. The van der Waals surface area contributed by atoms with Crippen LogP contribution in [-0.4, -0.2) is 58.5 Å². The number of rotatable bonds is 6. The van der Waals surface area contributed by atoms with Gasteiger partial charge in [0.05, 0.1) is 11.0 Å². The standard InChI is InChI=1S/C25H30ClN5O2/c1-29(2)25(33)30-15-12-19(13-16-30)23(32)28-24-27-21-17-20(26)10-11-22(21)31(24)14-6-9-18-7-4-3-5-8-18/h3-5,7-8,10-11,17,19H,6,9,12-16H2,1-2H3,(H,27,28,32). The molecular formula is C25H30ClN5O2. The van der Waals surface area contributed by atoms with Crippen LogP contribution in [-0.2, 0) is 17.8 Å². The van der Waals surface area contributed by atoms with E-state index in [-0.39, 0.29) is 17.9 Å². The highest BCUT2D eigenvalue weighted by molar-refractivity contribution is 6.31. The summed E-state index contributed by atoms with van der Waals surface area (Å²) in [6.45, 7) is 1.90. The molecule has 7 nitrogen and oxygen atoms in total. The van der Waals surface area contributed by atoms with Crippen molar-refractivity contribution < 1.29 is 9.59 Å². The third-order valence-electron chi connectivity index (χ3n) is 6.15. The van der Waals surface area contributed by atoms with Gasteiger partial charge >= 0.3 is 6.03 Å². The van der Waals surface area contributed by atoms with Crippen LogP contribution in [0, 0.1) is 5.92 Å². The Balaban J connectivity index is 1.45. The number of imidazole rings is 1. The number of hydrogen-bond acceptors (Lipinski definition) is 3. The van der Waals surface area contributed by atoms with Crippen LogP contribution < -0.4 is 5.32 Å². The summed E-state index contributed by atoms with van der Waals surface area (Å²) < 4.78 is 2.07. The van der Waals surface area contributed by atoms with Gasteiger partial charge in [-0.25, -0.2) is 9.78 Å². The molecule has 0 radical (unpaired) electrons. The van der Waals surface area contributed by atoms with Crippen molar-refractivity contribution in [3.63, 3.8) is 0 Å². The second kappa shape index (κ2) is 10.3. The lowest BCUT2D eigenvalue weighted by Crippen LogP contribution is -2.45. The van der Waals surface area contributed by atoms with Crippen LogP contribution in [0.4, 0.5) is 10.7 Å². The average molecular weight is 468 g/mol. The molecule has 174 valence electrons. The third kappa shape index (κ3) is 5.47. The van der Waals surface area contributed by atoms with Crippen LogP contribution in [0.1, 0.15) is 24.8 Å². The maximum atomic E-state index is 13.1. The zero-order chi connectivity index (χ0) is 23.4. The molecule has 1 fully saturated rings. The third-order valence-corrected chi connectivity index (χ3v) is 6.39. The van der Waals surface area contributed by atoms with Crippen molar-refractivity contribution in [3.8, 4) is 0 Å². The number of benzene rings is 2. The van der Waals surface area contributed by atoms with Crippen LogP contribution in [0.5, 0.6) is 0 Å². The van der Waals surface area contributed by atoms with E-state index in [0.29, 0.717) is 36.9 Å². The van der Waals surface area contributed by atoms with Gasteiger partial charge in [0.2, 0.25) is 11.9 Å². The van der Waals surface area contributed by atoms with E-state index >= 15 is 0 Å². The van der Waals surface area contributed by atoms with E-state index in [9.17, 15) is 9.59 Å². The van der Waals surface area contributed by atoms with Gasteiger partial charge in [0.1, 0.15) is 0 Å². The minimum atomic E-state index is -0.141. The molecule has 0 atom stereocenters. The Morgan fingerprint density at radius 3 is 2.55 bits per heavy atom. The first-order valence-electron chi connectivity index (χ1n) is 11.4. The van der Waals surface area contributed by atoms with Crippen molar-refractivity contribution in [1.29, 1.82) is 0 Å². The fraction of sp³-hybridized carbons (Fsp3) is 0.400. The number of fused-ring (bicyclic) bond motifs is 1. The number of halogens is 1. The molecule has 0 bridgehead atoms. The summed E-state index contributed by atoms with van der Waals surface area (Å²) in [6, 6.07) is 16.0. The van der Waals surface area contributed by atoms with Crippen LogP contribution >= 0.6 is 11.6 Å². The fourth-order valence-electron chi connectivity index (χ4n) is 4.34. The molecule has 3 aromatic rings. The molecule has 2 heterocycles. The first-order valence-corrected chi connectivity index (χ1v) is 11.8. The lowest BCUT2D eigenvalue weighted by Gasteiger charge is -2.33. The van der Waals surface area contributed by atoms with Crippen molar-refractivity contribution >= 4 is 40.5 Å². The Morgan fingerprint density at radius 2 is 1.85 bits per heavy atom. The molecule has 3 amide bonds. The monoisotopic (exact) mass is 467 g/mol. The normalized spacial score (nSPS) is 14.5. The number of piperidine rings is 1. The first kappa shape index (κ1) is 23.1. The molecule has 33 heavy (non-hydrogen) atoms. The van der Waals surface area contributed by atoms with E-state index < -0.39 is 0 Å². The Hall–Kier alpha value is -3.06. The van der Waals surface area contributed by atoms with Crippen molar-refractivity contribution in [1.82, 2.24) is 19.4 Å². The van der Waals surface area contributed by atoms with Gasteiger partial charge in [-0.15, -0.1) is 0 Å². The maximum absolute atomic E-state index is 13.1. The van der Waals surface area contributed by atoms with E-state index in [4.69, 9.17) is 11.6 Å². The first-order chi connectivity index (χ1) is 15.9. The Kier molecular flexibility index (Phi) is 7.18. The highest BCUT2D eigenvalue weighted by Crippen LogP contribution is 2.26. The number of urea groups is 1. The molecule has 1 aliphatic rings. The zero-order valence-corrected chi connectivity index (χ0v) is 19.9. The van der Waals surface area contributed by atoms with Gasteiger partial charge in [-0.3, -0.25) is 10.1 Å². The number of aromatic nitrogens is 2. The molecule has 1 aromatic heterocycles. The predicted octanol–water partition coefficient (Wildman–Crippen LogP) is 4.65. The SMILES string of the molecule is CN(C)C(=O)N1CCC(C(=O)Nc2nc3cc(Cl)ccc3n2CCCc2ccccc2)CC1. The molecule has 1 aliphatic heterocycles. The smallest absolute Gasteiger partial charge is 0.319 e. The molecule has 0 unspecified atom stereocenters. The number of hydrogen-bond donors (Lipinski definition) is 1.